The molecule has 32 heavy (non-hydrogen) atoms. The number of oxazole rings is 1. The van der Waals surface area contributed by atoms with Crippen LogP contribution in [0, 0.1) is 11.8 Å². The van der Waals surface area contributed by atoms with Crippen LogP contribution in [0.25, 0.3) is 6.08 Å². The molecule has 8 atom stereocenters. The maximum atomic E-state index is 10.7. The van der Waals surface area contributed by atoms with Gasteiger partial charge in [0.25, 0.3) is 0 Å². The van der Waals surface area contributed by atoms with E-state index in [1.54, 1.807) is 13.1 Å². The van der Waals surface area contributed by atoms with E-state index in [4.69, 9.17) is 13.9 Å². The minimum Gasteiger partial charge on any atom is -0.421 e. The average Bonchev–Trinajstić information content (AvgIpc) is 3.39. The first kappa shape index (κ1) is 23.7. The van der Waals surface area contributed by atoms with Crippen molar-refractivity contribution < 1.29 is 29.2 Å². The topological polar surface area (TPSA) is 112 Å². The van der Waals surface area contributed by atoms with Gasteiger partial charge in [-0.15, -0.1) is 0 Å². The van der Waals surface area contributed by atoms with E-state index in [1.807, 2.05) is 19.9 Å². The van der Waals surface area contributed by atoms with Crippen LogP contribution in [0.3, 0.4) is 0 Å². The summed E-state index contributed by atoms with van der Waals surface area (Å²) in [5.74, 6) is 1.23. The van der Waals surface area contributed by atoms with Crippen molar-refractivity contribution in [1.82, 2.24) is 4.98 Å². The van der Waals surface area contributed by atoms with Crippen LogP contribution in [0.15, 0.2) is 16.2 Å². The maximum absolute atomic E-state index is 10.7. The summed E-state index contributed by atoms with van der Waals surface area (Å²) in [5, 5.41) is 31.1. The van der Waals surface area contributed by atoms with Crippen LogP contribution in [-0.2, 0) is 9.47 Å². The van der Waals surface area contributed by atoms with Crippen molar-refractivity contribution in [2.75, 3.05) is 24.6 Å². The van der Waals surface area contributed by atoms with Crippen molar-refractivity contribution in [3.05, 3.63) is 17.7 Å². The standard InChI is InChI=1S/C24H38N2O6/c1-14(10-20-25-12-21(32-20)26-7-5-4-6-8-26)9-18-23(29)22(28)17(13-30-18)11-19-24(31-19)15(2)16(3)27/h10,12,15-19,22-24,27-29H,4-9,11,13H2,1-3H3/b14-10+/t15-,16-,17-,18-,19-,22+,23-,24-/m0/s1. The minimum absolute atomic E-state index is 0.00681. The Balaban J connectivity index is 1.27. The monoisotopic (exact) mass is 450 g/mol. The fraction of sp³-hybridized carbons (Fsp3) is 0.792. The number of hydrogen-bond acceptors (Lipinski definition) is 8. The summed E-state index contributed by atoms with van der Waals surface area (Å²) in [6, 6.07) is 0. The number of anilines is 1. The van der Waals surface area contributed by atoms with Crippen LogP contribution in [0.5, 0.6) is 0 Å². The zero-order valence-corrected chi connectivity index (χ0v) is 19.4. The van der Waals surface area contributed by atoms with Crippen LogP contribution in [0.1, 0.15) is 58.8 Å². The number of piperidine rings is 1. The lowest BCUT2D eigenvalue weighted by Gasteiger charge is -2.38. The summed E-state index contributed by atoms with van der Waals surface area (Å²) in [5.41, 5.74) is 0.975. The summed E-state index contributed by atoms with van der Waals surface area (Å²) >= 11 is 0. The van der Waals surface area contributed by atoms with Crippen LogP contribution in [0.4, 0.5) is 5.88 Å². The third kappa shape index (κ3) is 5.54. The Morgan fingerprint density at radius 3 is 2.66 bits per heavy atom. The van der Waals surface area contributed by atoms with Gasteiger partial charge in [0.05, 0.1) is 43.3 Å². The van der Waals surface area contributed by atoms with Crippen molar-refractivity contribution in [3.8, 4) is 0 Å². The molecule has 3 saturated heterocycles. The van der Waals surface area contributed by atoms with Crippen LogP contribution in [-0.4, -0.2) is 76.6 Å². The molecule has 3 fully saturated rings. The van der Waals surface area contributed by atoms with Gasteiger partial charge in [-0.25, -0.2) is 4.98 Å². The molecule has 0 saturated carbocycles. The molecule has 3 aliphatic rings. The molecule has 8 nitrogen and oxygen atoms in total. The molecule has 3 aliphatic heterocycles. The second-order valence-corrected chi connectivity index (χ2v) is 9.87. The first-order valence-corrected chi connectivity index (χ1v) is 12.0. The zero-order chi connectivity index (χ0) is 22.8. The highest BCUT2D eigenvalue weighted by atomic mass is 16.6. The Bertz CT molecular complexity index is 774. The molecule has 0 spiro atoms. The van der Waals surface area contributed by atoms with Crippen LogP contribution in [0.2, 0.25) is 0 Å². The molecule has 0 aromatic carbocycles. The SMILES string of the molecule is C/C(=C\c1ncc(N2CCCCC2)o1)C[C@@H]1OC[C@H](C[C@@H]2O[C@H]2[C@@H](C)[C@H](C)O)[C@@H](O)[C@H]1O. The zero-order valence-electron chi connectivity index (χ0n) is 19.4. The van der Waals surface area contributed by atoms with E-state index in [9.17, 15) is 15.3 Å². The smallest absolute Gasteiger partial charge is 0.221 e. The third-order valence-electron chi connectivity index (χ3n) is 7.25. The molecule has 1 aromatic heterocycles. The molecule has 4 rings (SSSR count). The Hall–Kier alpha value is -1.45. The molecular formula is C24H38N2O6. The summed E-state index contributed by atoms with van der Waals surface area (Å²) < 4.78 is 17.5. The van der Waals surface area contributed by atoms with E-state index in [1.165, 1.54) is 19.3 Å². The first-order chi connectivity index (χ1) is 15.3. The van der Waals surface area contributed by atoms with E-state index in [2.05, 4.69) is 9.88 Å². The highest BCUT2D eigenvalue weighted by Crippen LogP contribution is 2.38. The highest BCUT2D eigenvalue weighted by Gasteiger charge is 2.48. The summed E-state index contributed by atoms with van der Waals surface area (Å²) in [4.78, 5) is 6.60. The Morgan fingerprint density at radius 2 is 1.94 bits per heavy atom. The first-order valence-electron chi connectivity index (χ1n) is 12.0. The summed E-state index contributed by atoms with van der Waals surface area (Å²) in [6.07, 6.45) is 5.69. The number of ether oxygens (including phenoxy) is 2. The molecule has 0 unspecified atom stereocenters. The maximum Gasteiger partial charge on any atom is 0.221 e. The lowest BCUT2D eigenvalue weighted by molar-refractivity contribution is -0.165. The van der Waals surface area contributed by atoms with E-state index < -0.39 is 24.4 Å². The van der Waals surface area contributed by atoms with Gasteiger partial charge < -0.3 is 34.1 Å². The fourth-order valence-electron chi connectivity index (χ4n) is 4.90. The molecule has 0 bridgehead atoms. The molecular weight excluding hydrogens is 412 g/mol. The normalized spacial score (nSPS) is 35.6. The Labute approximate surface area is 190 Å². The lowest BCUT2D eigenvalue weighted by atomic mass is 9.85. The second kappa shape index (κ2) is 10.2. The second-order valence-electron chi connectivity index (χ2n) is 9.87. The highest BCUT2D eigenvalue weighted by molar-refractivity contribution is 5.46. The lowest BCUT2D eigenvalue weighted by Crippen LogP contribution is -2.50. The Kier molecular flexibility index (Phi) is 7.57. The predicted octanol–water partition coefficient (Wildman–Crippen LogP) is 2.37. The molecule has 1 aromatic rings. The van der Waals surface area contributed by atoms with Crippen LogP contribution >= 0.6 is 0 Å². The summed E-state index contributed by atoms with van der Waals surface area (Å²) in [7, 11) is 0. The van der Waals surface area contributed by atoms with Gasteiger partial charge in [0.2, 0.25) is 11.8 Å². The van der Waals surface area contributed by atoms with Crippen molar-refractivity contribution in [2.45, 2.75) is 89.5 Å². The number of epoxide rings is 1. The van der Waals surface area contributed by atoms with Crippen molar-refractivity contribution in [3.63, 3.8) is 0 Å². The molecule has 0 amide bonds. The fourth-order valence-corrected chi connectivity index (χ4v) is 4.90. The quantitative estimate of drug-likeness (QED) is 0.518. The average molecular weight is 451 g/mol. The van der Waals surface area contributed by atoms with Gasteiger partial charge in [-0.3, -0.25) is 0 Å². The van der Waals surface area contributed by atoms with Gasteiger partial charge in [-0.1, -0.05) is 12.5 Å². The molecule has 0 radical (unpaired) electrons. The number of rotatable bonds is 8. The Morgan fingerprint density at radius 1 is 1.19 bits per heavy atom. The largest absolute Gasteiger partial charge is 0.421 e. The molecule has 4 heterocycles. The molecule has 8 heteroatoms. The van der Waals surface area contributed by atoms with E-state index in [-0.39, 0.29) is 24.0 Å². The molecule has 180 valence electrons. The van der Waals surface area contributed by atoms with Gasteiger partial charge in [0.15, 0.2) is 0 Å². The van der Waals surface area contributed by atoms with Gasteiger partial charge in [-0.05, 0) is 52.0 Å². The third-order valence-corrected chi connectivity index (χ3v) is 7.25. The van der Waals surface area contributed by atoms with E-state index in [0.29, 0.717) is 25.3 Å². The summed E-state index contributed by atoms with van der Waals surface area (Å²) in [6.45, 7) is 8.07. The van der Waals surface area contributed by atoms with Crippen molar-refractivity contribution in [1.29, 1.82) is 0 Å². The van der Waals surface area contributed by atoms with Gasteiger partial charge in [0.1, 0.15) is 6.10 Å². The minimum atomic E-state index is -0.961. The number of hydrogen-bond donors (Lipinski definition) is 3. The number of aromatic nitrogens is 1. The van der Waals surface area contributed by atoms with E-state index in [0.717, 1.165) is 24.5 Å². The number of aliphatic hydroxyl groups is 3. The molecule has 3 N–H and O–H groups in total. The van der Waals surface area contributed by atoms with Gasteiger partial charge in [0, 0.05) is 24.9 Å². The van der Waals surface area contributed by atoms with Crippen molar-refractivity contribution in [2.24, 2.45) is 11.8 Å². The number of aliphatic hydroxyl groups excluding tert-OH is 3. The van der Waals surface area contributed by atoms with Crippen LogP contribution < -0.4 is 4.90 Å². The number of nitrogens with zero attached hydrogens (tertiary/aromatic N) is 2. The molecule has 0 aliphatic carbocycles. The van der Waals surface area contributed by atoms with E-state index >= 15 is 0 Å². The van der Waals surface area contributed by atoms with Gasteiger partial charge in [-0.2, -0.15) is 0 Å². The van der Waals surface area contributed by atoms with Gasteiger partial charge >= 0.3 is 0 Å². The predicted molar refractivity (Wildman–Crippen MR) is 120 cm³/mol. The van der Waals surface area contributed by atoms with Crippen molar-refractivity contribution >= 4 is 12.0 Å².